The Labute approximate surface area is 84.5 Å². The van der Waals surface area contributed by atoms with Crippen LogP contribution in [0.2, 0.25) is 0 Å². The van der Waals surface area contributed by atoms with Crippen LogP contribution in [-0.4, -0.2) is 32.5 Å². The molecule has 82 valence electrons. The Hall–Kier alpha value is -0.130. The molecule has 1 atom stereocenters. The molecule has 1 aliphatic carbocycles. The monoisotopic (exact) mass is 220 g/mol. The van der Waals surface area contributed by atoms with Crippen LogP contribution in [0.4, 0.5) is 0 Å². The molecule has 1 saturated heterocycles. The summed E-state index contributed by atoms with van der Waals surface area (Å²) in [5.74, 6) is -0.577. The molecule has 2 fully saturated rings. The lowest BCUT2D eigenvalue weighted by Gasteiger charge is -2.31. The van der Waals surface area contributed by atoms with Gasteiger partial charge in [0, 0.05) is 19.1 Å². The van der Waals surface area contributed by atoms with Crippen LogP contribution in [0, 0.1) is 0 Å². The molecule has 1 aliphatic heterocycles. The average Bonchev–Trinajstić information content (AvgIpc) is 2.50. The number of rotatable bonds is 1. The maximum absolute atomic E-state index is 11.3. The van der Waals surface area contributed by atoms with Gasteiger partial charge >= 0.3 is 0 Å². The molecular formula is C9H16O4S. The van der Waals surface area contributed by atoms with E-state index < -0.39 is 21.1 Å². The molecule has 1 saturated carbocycles. The molecule has 1 heterocycles. The van der Waals surface area contributed by atoms with E-state index in [0.29, 0.717) is 0 Å². The van der Waals surface area contributed by atoms with Crippen molar-refractivity contribution in [1.82, 2.24) is 0 Å². The minimum atomic E-state index is -3.13. The lowest BCUT2D eigenvalue weighted by molar-refractivity contribution is -0.180. The summed E-state index contributed by atoms with van der Waals surface area (Å²) in [6.07, 6.45) is 6.19. The van der Waals surface area contributed by atoms with Crippen LogP contribution in [0.15, 0.2) is 0 Å². The van der Waals surface area contributed by atoms with Crippen molar-refractivity contribution >= 4 is 9.84 Å². The Morgan fingerprint density at radius 1 is 1.21 bits per heavy atom. The van der Waals surface area contributed by atoms with Crippen LogP contribution in [-0.2, 0) is 19.3 Å². The van der Waals surface area contributed by atoms with Crippen LogP contribution < -0.4 is 0 Å². The van der Waals surface area contributed by atoms with E-state index in [1.807, 2.05) is 0 Å². The predicted octanol–water partition coefficient (Wildman–Crippen LogP) is 1.06. The molecular weight excluding hydrogens is 204 g/mol. The molecule has 0 aromatic heterocycles. The third kappa shape index (κ3) is 1.94. The third-order valence-corrected chi connectivity index (χ3v) is 4.11. The van der Waals surface area contributed by atoms with Crippen molar-refractivity contribution in [3.8, 4) is 0 Å². The van der Waals surface area contributed by atoms with Crippen molar-refractivity contribution in [2.75, 3.05) is 12.9 Å². The summed E-state index contributed by atoms with van der Waals surface area (Å²) in [5.41, 5.74) is -0.749. The summed E-state index contributed by atoms with van der Waals surface area (Å²) in [7, 11) is -3.13. The molecule has 1 spiro atoms. The Kier molecular flexibility index (Phi) is 2.57. The predicted molar refractivity (Wildman–Crippen MR) is 51.5 cm³/mol. The summed E-state index contributed by atoms with van der Waals surface area (Å²) in [5, 5.41) is 0. The van der Waals surface area contributed by atoms with Gasteiger partial charge in [-0.15, -0.1) is 0 Å². The Bertz CT molecular complexity index is 303. The SMILES string of the molecule is CS(=O)(=O)C1COC2(CCCCC2)O1. The molecule has 14 heavy (non-hydrogen) atoms. The first-order valence-corrected chi connectivity index (χ1v) is 6.98. The second kappa shape index (κ2) is 3.47. The van der Waals surface area contributed by atoms with E-state index in [-0.39, 0.29) is 6.61 Å². The maximum atomic E-state index is 11.3. The van der Waals surface area contributed by atoms with Crippen molar-refractivity contribution in [2.45, 2.75) is 43.3 Å². The van der Waals surface area contributed by atoms with E-state index >= 15 is 0 Å². The Morgan fingerprint density at radius 2 is 1.86 bits per heavy atom. The Morgan fingerprint density at radius 3 is 2.36 bits per heavy atom. The van der Waals surface area contributed by atoms with Crippen molar-refractivity contribution in [3.05, 3.63) is 0 Å². The van der Waals surface area contributed by atoms with E-state index in [2.05, 4.69) is 0 Å². The molecule has 0 aromatic rings. The number of sulfone groups is 1. The highest BCUT2D eigenvalue weighted by Crippen LogP contribution is 2.38. The lowest BCUT2D eigenvalue weighted by atomic mass is 9.94. The smallest absolute Gasteiger partial charge is 0.185 e. The fourth-order valence-electron chi connectivity index (χ4n) is 2.09. The van der Waals surface area contributed by atoms with E-state index in [1.54, 1.807) is 0 Å². The first kappa shape index (κ1) is 10.4. The van der Waals surface area contributed by atoms with Crippen molar-refractivity contribution < 1.29 is 17.9 Å². The fourth-order valence-corrected chi connectivity index (χ4v) is 2.76. The van der Waals surface area contributed by atoms with Gasteiger partial charge < -0.3 is 9.47 Å². The molecule has 0 amide bonds. The minimum absolute atomic E-state index is 0.193. The van der Waals surface area contributed by atoms with E-state index in [0.717, 1.165) is 25.7 Å². The maximum Gasteiger partial charge on any atom is 0.185 e. The van der Waals surface area contributed by atoms with Gasteiger partial charge in [0.15, 0.2) is 21.1 Å². The van der Waals surface area contributed by atoms with Gasteiger partial charge in [0.1, 0.15) is 0 Å². The topological polar surface area (TPSA) is 52.6 Å². The average molecular weight is 220 g/mol. The van der Waals surface area contributed by atoms with Crippen LogP contribution in [0.3, 0.4) is 0 Å². The van der Waals surface area contributed by atoms with Crippen molar-refractivity contribution in [2.24, 2.45) is 0 Å². The highest BCUT2D eigenvalue weighted by molar-refractivity contribution is 7.91. The van der Waals surface area contributed by atoms with Gasteiger partial charge in [0.25, 0.3) is 0 Å². The van der Waals surface area contributed by atoms with E-state index in [4.69, 9.17) is 9.47 Å². The first-order chi connectivity index (χ1) is 6.52. The lowest BCUT2D eigenvalue weighted by Crippen LogP contribution is -2.34. The molecule has 2 aliphatic rings. The normalized spacial score (nSPS) is 32.2. The highest BCUT2D eigenvalue weighted by atomic mass is 32.2. The second-order valence-corrected chi connectivity index (χ2v) is 6.34. The van der Waals surface area contributed by atoms with Crippen LogP contribution in [0.25, 0.3) is 0 Å². The van der Waals surface area contributed by atoms with Gasteiger partial charge in [0.05, 0.1) is 6.61 Å². The standard InChI is InChI=1S/C9H16O4S/c1-14(10,11)8-7-12-9(13-8)5-3-2-4-6-9/h8H,2-7H2,1H3. The van der Waals surface area contributed by atoms with Gasteiger partial charge in [-0.3, -0.25) is 0 Å². The summed E-state index contributed by atoms with van der Waals surface area (Å²) < 4.78 is 33.6. The van der Waals surface area contributed by atoms with Crippen LogP contribution >= 0.6 is 0 Å². The van der Waals surface area contributed by atoms with Crippen molar-refractivity contribution in [3.63, 3.8) is 0 Å². The summed E-state index contributed by atoms with van der Waals surface area (Å²) in [6, 6.07) is 0. The van der Waals surface area contributed by atoms with E-state index in [9.17, 15) is 8.42 Å². The first-order valence-electron chi connectivity index (χ1n) is 5.03. The van der Waals surface area contributed by atoms with Crippen LogP contribution in [0.5, 0.6) is 0 Å². The molecule has 0 N–H and O–H groups in total. The molecule has 5 heteroatoms. The summed E-state index contributed by atoms with van der Waals surface area (Å²) in [4.78, 5) is 0. The van der Waals surface area contributed by atoms with Crippen LogP contribution in [0.1, 0.15) is 32.1 Å². The molecule has 0 bridgehead atoms. The third-order valence-electron chi connectivity index (χ3n) is 2.92. The Balaban J connectivity index is 2.06. The zero-order chi connectivity index (χ0) is 10.2. The number of hydrogen-bond donors (Lipinski definition) is 0. The minimum Gasteiger partial charge on any atom is -0.346 e. The molecule has 0 aromatic carbocycles. The van der Waals surface area contributed by atoms with Gasteiger partial charge in [-0.2, -0.15) is 0 Å². The van der Waals surface area contributed by atoms with E-state index in [1.165, 1.54) is 12.7 Å². The number of hydrogen-bond acceptors (Lipinski definition) is 4. The zero-order valence-corrected chi connectivity index (χ0v) is 9.18. The summed E-state index contributed by atoms with van der Waals surface area (Å²) >= 11 is 0. The molecule has 4 nitrogen and oxygen atoms in total. The van der Waals surface area contributed by atoms with Gasteiger partial charge in [0.2, 0.25) is 0 Å². The second-order valence-electron chi connectivity index (χ2n) is 4.16. The number of ether oxygens (including phenoxy) is 2. The van der Waals surface area contributed by atoms with Crippen molar-refractivity contribution in [1.29, 1.82) is 0 Å². The van der Waals surface area contributed by atoms with Gasteiger partial charge in [-0.05, 0) is 12.8 Å². The van der Waals surface area contributed by atoms with Gasteiger partial charge in [-0.25, -0.2) is 8.42 Å². The largest absolute Gasteiger partial charge is 0.346 e. The molecule has 2 rings (SSSR count). The summed E-state index contributed by atoms with van der Waals surface area (Å²) in [6.45, 7) is 0.193. The fraction of sp³-hybridized carbons (Fsp3) is 1.00. The highest BCUT2D eigenvalue weighted by Gasteiger charge is 2.45. The molecule has 1 unspecified atom stereocenters. The quantitative estimate of drug-likeness (QED) is 0.663. The van der Waals surface area contributed by atoms with Gasteiger partial charge in [-0.1, -0.05) is 6.42 Å². The molecule has 0 radical (unpaired) electrons. The zero-order valence-electron chi connectivity index (χ0n) is 8.36.